The Balaban J connectivity index is 1.31. The lowest BCUT2D eigenvalue weighted by Crippen LogP contribution is -2.34. The van der Waals surface area contributed by atoms with E-state index < -0.39 is 0 Å². The normalized spacial score (nSPS) is 25.0. The molecule has 3 rings (SSSR count). The largest absolute Gasteiger partial charge is 0.376 e. The first-order chi connectivity index (χ1) is 10.7. The zero-order valence-corrected chi connectivity index (χ0v) is 13.8. The van der Waals surface area contributed by atoms with Gasteiger partial charge in [0.25, 0.3) is 0 Å². The Labute approximate surface area is 135 Å². The van der Waals surface area contributed by atoms with E-state index in [9.17, 15) is 4.79 Å². The van der Waals surface area contributed by atoms with Crippen LogP contribution < -0.4 is 10.6 Å². The molecular weight excluding hydrogens is 300 g/mol. The third-order valence-corrected chi connectivity index (χ3v) is 5.34. The van der Waals surface area contributed by atoms with Crippen LogP contribution in [0.5, 0.6) is 0 Å². The molecule has 0 aliphatic heterocycles. The van der Waals surface area contributed by atoms with Crippen LogP contribution in [0, 0.1) is 5.92 Å². The molecule has 0 saturated heterocycles. The number of hydrogen-bond donors (Lipinski definition) is 2. The van der Waals surface area contributed by atoms with E-state index in [4.69, 9.17) is 4.74 Å². The molecule has 2 fully saturated rings. The number of hydrogen-bond acceptors (Lipinski definition) is 5. The van der Waals surface area contributed by atoms with Crippen molar-refractivity contribution in [1.29, 1.82) is 0 Å². The van der Waals surface area contributed by atoms with Crippen molar-refractivity contribution in [3.05, 3.63) is 5.01 Å². The SMILES string of the molecule is C[C@@H]1CCCC[C@H]1OCCNC(=O)Nc1nnc(C2CC2)s1. The van der Waals surface area contributed by atoms with E-state index in [1.807, 2.05) is 0 Å². The van der Waals surface area contributed by atoms with Gasteiger partial charge in [-0.25, -0.2) is 4.79 Å². The second-order valence-electron chi connectivity index (χ2n) is 6.27. The minimum Gasteiger partial charge on any atom is -0.376 e. The standard InChI is InChI=1S/C15H24N4O2S/c1-10-4-2-3-5-12(10)21-9-8-16-14(20)17-15-19-18-13(22-15)11-6-7-11/h10-12H,2-9H2,1H3,(H2,16,17,19,20)/t10-,12-/m1/s1. The van der Waals surface area contributed by atoms with Crippen molar-refractivity contribution in [2.24, 2.45) is 5.92 Å². The van der Waals surface area contributed by atoms with Crippen LogP contribution in [0.3, 0.4) is 0 Å². The second-order valence-corrected chi connectivity index (χ2v) is 7.28. The molecule has 0 unspecified atom stereocenters. The Bertz CT molecular complexity index is 503. The summed E-state index contributed by atoms with van der Waals surface area (Å²) in [6, 6.07) is -0.237. The summed E-state index contributed by atoms with van der Waals surface area (Å²) in [4.78, 5) is 11.8. The number of ether oxygens (including phenoxy) is 1. The van der Waals surface area contributed by atoms with Gasteiger partial charge in [0.15, 0.2) is 0 Å². The van der Waals surface area contributed by atoms with Crippen LogP contribution in [-0.4, -0.2) is 35.5 Å². The topological polar surface area (TPSA) is 76.1 Å². The number of anilines is 1. The average Bonchev–Trinajstić information content (AvgIpc) is 3.26. The maximum absolute atomic E-state index is 11.8. The quantitative estimate of drug-likeness (QED) is 0.788. The summed E-state index contributed by atoms with van der Waals surface area (Å²) >= 11 is 1.47. The lowest BCUT2D eigenvalue weighted by Gasteiger charge is -2.28. The summed E-state index contributed by atoms with van der Waals surface area (Å²) in [6.45, 7) is 3.33. The van der Waals surface area contributed by atoms with Gasteiger partial charge in [0.1, 0.15) is 5.01 Å². The van der Waals surface area contributed by atoms with Gasteiger partial charge < -0.3 is 10.1 Å². The van der Waals surface area contributed by atoms with E-state index in [2.05, 4.69) is 27.8 Å². The van der Waals surface area contributed by atoms with Crippen molar-refractivity contribution in [1.82, 2.24) is 15.5 Å². The molecule has 2 N–H and O–H groups in total. The molecule has 22 heavy (non-hydrogen) atoms. The Morgan fingerprint density at radius 2 is 2.09 bits per heavy atom. The van der Waals surface area contributed by atoms with Crippen molar-refractivity contribution >= 4 is 22.5 Å². The summed E-state index contributed by atoms with van der Waals surface area (Å²) in [6.07, 6.45) is 7.69. The second kappa shape index (κ2) is 7.37. The molecule has 2 aliphatic rings. The first-order valence-electron chi connectivity index (χ1n) is 8.22. The molecule has 2 amide bonds. The van der Waals surface area contributed by atoms with Crippen molar-refractivity contribution < 1.29 is 9.53 Å². The molecule has 6 nitrogen and oxygen atoms in total. The first kappa shape index (κ1) is 15.7. The fourth-order valence-corrected chi connectivity index (χ4v) is 3.73. The van der Waals surface area contributed by atoms with Crippen LogP contribution in [-0.2, 0) is 4.74 Å². The van der Waals surface area contributed by atoms with Crippen LogP contribution in [0.4, 0.5) is 9.93 Å². The van der Waals surface area contributed by atoms with E-state index in [0.717, 1.165) is 11.4 Å². The molecule has 2 atom stereocenters. The third kappa shape index (κ3) is 4.39. The van der Waals surface area contributed by atoms with Crippen LogP contribution in [0.2, 0.25) is 0 Å². The van der Waals surface area contributed by atoms with E-state index in [1.54, 1.807) is 0 Å². The number of carbonyl (C=O) groups is 1. The van der Waals surface area contributed by atoms with Gasteiger partial charge >= 0.3 is 6.03 Å². The number of rotatable bonds is 6. The van der Waals surface area contributed by atoms with E-state index in [-0.39, 0.29) is 6.03 Å². The van der Waals surface area contributed by atoms with Crippen molar-refractivity contribution in [2.75, 3.05) is 18.5 Å². The number of amides is 2. The average molecular weight is 324 g/mol. The molecule has 122 valence electrons. The number of urea groups is 1. The van der Waals surface area contributed by atoms with Gasteiger partial charge in [-0.3, -0.25) is 5.32 Å². The van der Waals surface area contributed by atoms with Gasteiger partial charge in [-0.1, -0.05) is 31.1 Å². The minimum atomic E-state index is -0.237. The molecule has 1 heterocycles. The lowest BCUT2D eigenvalue weighted by atomic mass is 9.88. The molecule has 2 aliphatic carbocycles. The Morgan fingerprint density at radius 1 is 1.27 bits per heavy atom. The summed E-state index contributed by atoms with van der Waals surface area (Å²) < 4.78 is 5.87. The molecule has 0 spiro atoms. The maximum atomic E-state index is 11.8. The van der Waals surface area contributed by atoms with Gasteiger partial charge in [-0.05, 0) is 31.6 Å². The van der Waals surface area contributed by atoms with E-state index in [1.165, 1.54) is 43.4 Å². The maximum Gasteiger partial charge on any atom is 0.321 e. The fraction of sp³-hybridized carbons (Fsp3) is 0.800. The van der Waals surface area contributed by atoms with Gasteiger partial charge in [0.2, 0.25) is 5.13 Å². The molecule has 0 radical (unpaired) electrons. The molecule has 7 heteroatoms. The predicted molar refractivity (Wildman–Crippen MR) is 86.3 cm³/mol. The Morgan fingerprint density at radius 3 is 2.86 bits per heavy atom. The number of aromatic nitrogens is 2. The fourth-order valence-electron chi connectivity index (χ4n) is 2.83. The van der Waals surface area contributed by atoms with Gasteiger partial charge in [-0.15, -0.1) is 10.2 Å². The highest BCUT2D eigenvalue weighted by Gasteiger charge is 2.27. The van der Waals surface area contributed by atoms with E-state index in [0.29, 0.717) is 36.2 Å². The summed E-state index contributed by atoms with van der Waals surface area (Å²) in [5, 5.41) is 15.2. The van der Waals surface area contributed by atoms with Gasteiger partial charge in [0, 0.05) is 12.5 Å². The first-order valence-corrected chi connectivity index (χ1v) is 9.04. The predicted octanol–water partition coefficient (Wildman–Crippen LogP) is 3.13. The highest BCUT2D eigenvalue weighted by atomic mass is 32.1. The zero-order valence-electron chi connectivity index (χ0n) is 13.0. The molecule has 1 aromatic heterocycles. The van der Waals surface area contributed by atoms with Crippen LogP contribution in [0.1, 0.15) is 56.4 Å². The number of nitrogens with one attached hydrogen (secondary N) is 2. The van der Waals surface area contributed by atoms with E-state index >= 15 is 0 Å². The molecular formula is C15H24N4O2S. The highest BCUT2D eigenvalue weighted by molar-refractivity contribution is 7.15. The Kier molecular flexibility index (Phi) is 5.25. The van der Waals surface area contributed by atoms with Gasteiger partial charge in [0.05, 0.1) is 12.7 Å². The monoisotopic (exact) mass is 324 g/mol. The molecule has 0 bridgehead atoms. The molecule has 1 aromatic rings. The smallest absolute Gasteiger partial charge is 0.321 e. The highest BCUT2D eigenvalue weighted by Crippen LogP contribution is 2.41. The number of nitrogens with zero attached hydrogens (tertiary/aromatic N) is 2. The van der Waals surface area contributed by atoms with Crippen molar-refractivity contribution in [2.45, 2.75) is 57.5 Å². The lowest BCUT2D eigenvalue weighted by molar-refractivity contribution is -0.00232. The summed E-state index contributed by atoms with van der Waals surface area (Å²) in [7, 11) is 0. The van der Waals surface area contributed by atoms with Crippen molar-refractivity contribution in [3.8, 4) is 0 Å². The Hall–Kier alpha value is -1.21. The zero-order chi connectivity index (χ0) is 15.4. The molecule has 2 saturated carbocycles. The summed E-state index contributed by atoms with van der Waals surface area (Å²) in [5.41, 5.74) is 0. The summed E-state index contributed by atoms with van der Waals surface area (Å²) in [5.74, 6) is 1.20. The van der Waals surface area contributed by atoms with Gasteiger partial charge in [-0.2, -0.15) is 0 Å². The van der Waals surface area contributed by atoms with Crippen LogP contribution in [0.15, 0.2) is 0 Å². The third-order valence-electron chi connectivity index (χ3n) is 4.34. The molecule has 0 aromatic carbocycles. The minimum absolute atomic E-state index is 0.237. The van der Waals surface area contributed by atoms with Crippen molar-refractivity contribution in [3.63, 3.8) is 0 Å². The van der Waals surface area contributed by atoms with Crippen LogP contribution in [0.25, 0.3) is 0 Å². The van der Waals surface area contributed by atoms with Crippen LogP contribution >= 0.6 is 11.3 Å². The number of carbonyl (C=O) groups excluding carboxylic acids is 1.